The first-order valence-corrected chi connectivity index (χ1v) is 13.1. The first-order chi connectivity index (χ1) is 15.6. The van der Waals surface area contributed by atoms with Crippen LogP contribution in [0.2, 0.25) is 0 Å². The highest BCUT2D eigenvalue weighted by Gasteiger charge is 2.34. The number of likely N-dealkylation sites (N-methyl/N-ethyl adjacent to an activating group) is 1. The summed E-state index contributed by atoms with van der Waals surface area (Å²) in [5, 5.41) is 2.90. The number of hydrogen-bond donors (Lipinski definition) is 1. The van der Waals surface area contributed by atoms with E-state index in [2.05, 4.69) is 5.32 Å². The number of aryl methyl sites for hydroxylation is 1. The number of thiophene rings is 1. The second kappa shape index (κ2) is 9.41. The summed E-state index contributed by atoms with van der Waals surface area (Å²) in [6.07, 6.45) is 1.23. The van der Waals surface area contributed by atoms with Gasteiger partial charge in [0.1, 0.15) is 4.21 Å². The number of amides is 1. The third-order valence-corrected chi connectivity index (χ3v) is 9.10. The van der Waals surface area contributed by atoms with Gasteiger partial charge in [-0.15, -0.1) is 11.3 Å². The summed E-state index contributed by atoms with van der Waals surface area (Å²) in [6, 6.07) is 8.48. The highest BCUT2D eigenvalue weighted by molar-refractivity contribution is 7.91. The molecule has 1 atom stereocenters. The largest absolute Gasteiger partial charge is 0.419 e. The van der Waals surface area contributed by atoms with E-state index in [1.54, 1.807) is 34.9 Å². The maximum absolute atomic E-state index is 13.0. The molecule has 1 amide bonds. The number of nitrogens with one attached hydrogen (secondary N) is 1. The van der Waals surface area contributed by atoms with Gasteiger partial charge in [0.15, 0.2) is 5.58 Å². The molecule has 33 heavy (non-hydrogen) atoms. The highest BCUT2D eigenvalue weighted by atomic mass is 32.2. The van der Waals surface area contributed by atoms with Gasteiger partial charge in [-0.3, -0.25) is 9.36 Å². The van der Waals surface area contributed by atoms with E-state index >= 15 is 0 Å². The Labute approximate surface area is 196 Å². The topological polar surface area (TPSA) is 105 Å². The van der Waals surface area contributed by atoms with Gasteiger partial charge in [-0.2, -0.15) is 4.31 Å². The summed E-state index contributed by atoms with van der Waals surface area (Å²) in [6.45, 7) is 3.55. The Morgan fingerprint density at radius 1 is 1.27 bits per heavy atom. The molecule has 0 radical (unpaired) electrons. The summed E-state index contributed by atoms with van der Waals surface area (Å²) in [5.41, 5.74) is 1.61. The maximum Gasteiger partial charge on any atom is 0.419 e. The van der Waals surface area contributed by atoms with Crippen molar-refractivity contribution in [2.75, 3.05) is 39.0 Å². The average molecular weight is 493 g/mol. The lowest BCUT2D eigenvalue weighted by Crippen LogP contribution is -2.43. The number of anilines is 1. The van der Waals surface area contributed by atoms with Crippen LogP contribution in [0.4, 0.5) is 5.69 Å². The molecule has 0 aliphatic carbocycles. The van der Waals surface area contributed by atoms with Crippen molar-refractivity contribution in [3.63, 3.8) is 0 Å². The first-order valence-electron chi connectivity index (χ1n) is 10.8. The fourth-order valence-corrected chi connectivity index (χ4v) is 6.91. The van der Waals surface area contributed by atoms with Gasteiger partial charge in [0.2, 0.25) is 5.91 Å². The van der Waals surface area contributed by atoms with E-state index in [0.717, 1.165) is 4.88 Å². The minimum absolute atomic E-state index is 0.145. The van der Waals surface area contributed by atoms with Crippen LogP contribution >= 0.6 is 11.3 Å². The predicted octanol–water partition coefficient (Wildman–Crippen LogP) is 2.57. The van der Waals surface area contributed by atoms with Gasteiger partial charge in [-0.1, -0.05) is 0 Å². The number of hydrogen-bond acceptors (Lipinski definition) is 7. The molecule has 1 saturated heterocycles. The smallest absolute Gasteiger partial charge is 0.408 e. The zero-order valence-corrected chi connectivity index (χ0v) is 20.5. The molecule has 1 unspecified atom stereocenters. The Morgan fingerprint density at radius 2 is 2.06 bits per heavy atom. The van der Waals surface area contributed by atoms with Gasteiger partial charge in [-0.05, 0) is 64.2 Å². The Hall–Kier alpha value is -2.47. The van der Waals surface area contributed by atoms with E-state index in [4.69, 9.17) is 4.42 Å². The standard InChI is InChI=1S/C22H28N4O5S2/c1-15-6-9-20(32-15)33(29,30)25-10-4-5-16(14-25)21(27)23-17-7-8-19-18(13-17)26(22(28)31-19)12-11-24(2)3/h6-9,13,16H,4-5,10-12,14H2,1-3H3,(H,23,27). The summed E-state index contributed by atoms with van der Waals surface area (Å²) >= 11 is 1.24. The Bertz CT molecular complexity index is 1320. The van der Waals surface area contributed by atoms with E-state index in [9.17, 15) is 18.0 Å². The van der Waals surface area contributed by atoms with Crippen LogP contribution in [0.5, 0.6) is 0 Å². The van der Waals surface area contributed by atoms with Crippen LogP contribution in [-0.2, 0) is 21.4 Å². The maximum atomic E-state index is 13.0. The van der Waals surface area contributed by atoms with Crippen LogP contribution in [0, 0.1) is 12.8 Å². The lowest BCUT2D eigenvalue weighted by molar-refractivity contribution is -0.120. The molecule has 2 aromatic heterocycles. The molecule has 1 aliphatic rings. The van der Waals surface area contributed by atoms with Crippen molar-refractivity contribution in [2.24, 2.45) is 5.92 Å². The molecule has 3 heterocycles. The molecule has 9 nitrogen and oxygen atoms in total. The van der Waals surface area contributed by atoms with Gasteiger partial charge in [0, 0.05) is 36.7 Å². The van der Waals surface area contributed by atoms with Crippen LogP contribution in [0.15, 0.2) is 43.8 Å². The molecule has 0 spiro atoms. The number of carbonyl (C=O) groups excluding carboxylic acids is 1. The molecule has 178 valence electrons. The third-order valence-electron chi connectivity index (χ3n) is 5.77. The predicted molar refractivity (Wildman–Crippen MR) is 128 cm³/mol. The number of sulfonamides is 1. The second-order valence-corrected chi connectivity index (χ2v) is 12.0. The molecule has 1 N–H and O–H groups in total. The van der Waals surface area contributed by atoms with Crippen LogP contribution in [0.1, 0.15) is 17.7 Å². The number of aromatic nitrogens is 1. The number of carbonyl (C=O) groups is 1. The normalized spacial score (nSPS) is 17.6. The van der Waals surface area contributed by atoms with Crippen LogP contribution in [0.3, 0.4) is 0 Å². The minimum Gasteiger partial charge on any atom is -0.408 e. The van der Waals surface area contributed by atoms with Crippen molar-refractivity contribution in [1.29, 1.82) is 0 Å². The molecule has 0 saturated carbocycles. The molecule has 3 aromatic rings. The molecule has 11 heteroatoms. The van der Waals surface area contributed by atoms with E-state index in [0.29, 0.717) is 53.5 Å². The molecule has 1 aliphatic heterocycles. The fraction of sp³-hybridized carbons (Fsp3) is 0.455. The highest BCUT2D eigenvalue weighted by Crippen LogP contribution is 2.29. The van der Waals surface area contributed by atoms with Gasteiger partial charge < -0.3 is 14.6 Å². The summed E-state index contributed by atoms with van der Waals surface area (Å²) in [5.74, 6) is -1.12. The Kier molecular flexibility index (Phi) is 6.76. The fourth-order valence-electron chi connectivity index (χ4n) is 3.95. The molecular formula is C22H28N4O5S2. The van der Waals surface area contributed by atoms with Crippen LogP contribution < -0.4 is 11.1 Å². The van der Waals surface area contributed by atoms with Gasteiger partial charge >= 0.3 is 5.76 Å². The molecule has 1 fully saturated rings. The summed E-state index contributed by atoms with van der Waals surface area (Å²) < 4.78 is 34.5. The van der Waals surface area contributed by atoms with E-state index < -0.39 is 21.7 Å². The first kappa shape index (κ1) is 23.7. The van der Waals surface area contributed by atoms with Crippen molar-refractivity contribution in [2.45, 2.75) is 30.5 Å². The summed E-state index contributed by atoms with van der Waals surface area (Å²) in [7, 11) is 0.238. The van der Waals surface area contributed by atoms with Crippen molar-refractivity contribution in [3.05, 3.63) is 45.8 Å². The number of fused-ring (bicyclic) bond motifs is 1. The van der Waals surface area contributed by atoms with Crippen molar-refractivity contribution >= 4 is 44.1 Å². The van der Waals surface area contributed by atoms with Crippen LogP contribution in [0.25, 0.3) is 11.1 Å². The molecular weight excluding hydrogens is 464 g/mol. The van der Waals surface area contributed by atoms with Gasteiger partial charge in [-0.25, -0.2) is 13.2 Å². The SMILES string of the molecule is Cc1ccc(S(=O)(=O)N2CCCC(C(=O)Nc3ccc4oc(=O)n(CCN(C)C)c4c3)C2)s1. The zero-order valence-electron chi connectivity index (χ0n) is 18.9. The quantitative estimate of drug-likeness (QED) is 0.544. The van der Waals surface area contributed by atoms with Gasteiger partial charge in [0.25, 0.3) is 10.0 Å². The van der Waals surface area contributed by atoms with Crippen LogP contribution in [-0.4, -0.2) is 61.8 Å². The minimum atomic E-state index is -3.61. The van der Waals surface area contributed by atoms with Crippen molar-refractivity contribution in [1.82, 2.24) is 13.8 Å². The van der Waals surface area contributed by atoms with Gasteiger partial charge in [0.05, 0.1) is 11.4 Å². The second-order valence-electron chi connectivity index (χ2n) is 8.56. The average Bonchev–Trinajstić information content (AvgIpc) is 3.35. The number of oxazole rings is 1. The molecule has 0 bridgehead atoms. The van der Waals surface area contributed by atoms with E-state index in [1.807, 2.05) is 25.9 Å². The molecule has 4 rings (SSSR count). The third kappa shape index (κ3) is 5.06. The number of nitrogens with zero attached hydrogens (tertiary/aromatic N) is 3. The van der Waals surface area contributed by atoms with E-state index in [1.165, 1.54) is 15.6 Å². The Morgan fingerprint density at radius 3 is 2.76 bits per heavy atom. The monoisotopic (exact) mass is 492 g/mol. The Balaban J connectivity index is 1.49. The van der Waals surface area contributed by atoms with Crippen molar-refractivity contribution in [3.8, 4) is 0 Å². The lowest BCUT2D eigenvalue weighted by Gasteiger charge is -2.30. The zero-order chi connectivity index (χ0) is 23.8. The number of benzene rings is 1. The summed E-state index contributed by atoms with van der Waals surface area (Å²) in [4.78, 5) is 28.1. The molecule has 1 aromatic carbocycles. The number of rotatable bonds is 7. The van der Waals surface area contributed by atoms with E-state index in [-0.39, 0.29) is 12.5 Å². The number of piperidine rings is 1. The van der Waals surface area contributed by atoms with Crippen molar-refractivity contribution < 1.29 is 17.6 Å². The lowest BCUT2D eigenvalue weighted by atomic mass is 9.98.